The van der Waals surface area contributed by atoms with Crippen molar-refractivity contribution in [2.75, 3.05) is 37.3 Å². The Bertz CT molecular complexity index is 426. The molecule has 4 nitrogen and oxygen atoms in total. The molecule has 1 unspecified atom stereocenters. The first kappa shape index (κ1) is 17.3. The summed E-state index contributed by atoms with van der Waals surface area (Å²) in [5.41, 5.74) is 0. The maximum atomic E-state index is 6.16. The van der Waals surface area contributed by atoms with Gasteiger partial charge in [-0.05, 0) is 33.4 Å². The molecule has 0 spiro atoms. The summed E-state index contributed by atoms with van der Waals surface area (Å²) in [6, 6.07) is 2.29. The molecule has 20 heavy (non-hydrogen) atoms. The van der Waals surface area contributed by atoms with Crippen LogP contribution in [0.3, 0.4) is 0 Å². The molecule has 1 aromatic heterocycles. The Labute approximate surface area is 131 Å². The van der Waals surface area contributed by atoms with E-state index in [9.17, 15) is 0 Å². The maximum Gasteiger partial charge on any atom is 0.147 e. The Kier molecular flexibility index (Phi) is 7.41. The molecule has 2 N–H and O–H groups in total. The largest absolute Gasteiger partial charge is 0.369 e. The van der Waals surface area contributed by atoms with E-state index in [1.807, 2.05) is 6.92 Å². The van der Waals surface area contributed by atoms with Crippen molar-refractivity contribution in [2.45, 2.75) is 33.2 Å². The lowest BCUT2D eigenvalue weighted by molar-refractivity contribution is 0.261. The average molecular weight is 319 g/mol. The third-order valence-electron chi connectivity index (χ3n) is 3.37. The first-order valence-corrected chi connectivity index (χ1v) is 7.79. The maximum absolute atomic E-state index is 6.16. The molecule has 6 heteroatoms. The Balaban J connectivity index is 2.61. The van der Waals surface area contributed by atoms with Crippen LogP contribution in [0, 0.1) is 0 Å². The van der Waals surface area contributed by atoms with Crippen LogP contribution in [-0.2, 0) is 0 Å². The van der Waals surface area contributed by atoms with Gasteiger partial charge in [0.15, 0.2) is 0 Å². The summed E-state index contributed by atoms with van der Waals surface area (Å²) in [6.45, 7) is 8.91. The van der Waals surface area contributed by atoms with E-state index in [1.54, 1.807) is 6.07 Å². The van der Waals surface area contributed by atoms with Crippen LogP contribution in [0.25, 0.3) is 0 Å². The Hall–Kier alpha value is -0.710. The fourth-order valence-corrected chi connectivity index (χ4v) is 2.26. The lowest BCUT2D eigenvalue weighted by Gasteiger charge is -2.23. The molecule has 0 bridgehead atoms. The van der Waals surface area contributed by atoms with E-state index in [2.05, 4.69) is 41.4 Å². The molecule has 0 fully saturated rings. The van der Waals surface area contributed by atoms with Crippen molar-refractivity contribution >= 4 is 34.8 Å². The highest BCUT2D eigenvalue weighted by atomic mass is 35.5. The van der Waals surface area contributed by atoms with Crippen molar-refractivity contribution in [1.82, 2.24) is 9.88 Å². The van der Waals surface area contributed by atoms with Gasteiger partial charge in [-0.3, -0.25) is 0 Å². The summed E-state index contributed by atoms with van der Waals surface area (Å²) >= 11 is 12.2. The fraction of sp³-hybridized carbons (Fsp3) is 0.643. The fourth-order valence-electron chi connectivity index (χ4n) is 1.76. The smallest absolute Gasteiger partial charge is 0.147 e. The molecule has 0 aliphatic carbocycles. The van der Waals surface area contributed by atoms with E-state index in [0.717, 1.165) is 26.1 Å². The van der Waals surface area contributed by atoms with Gasteiger partial charge in [-0.2, -0.15) is 0 Å². The highest BCUT2D eigenvalue weighted by Gasteiger charge is 2.10. The molecular weight excluding hydrogens is 295 g/mol. The van der Waals surface area contributed by atoms with E-state index < -0.39 is 0 Å². The second-order valence-corrected chi connectivity index (χ2v) is 5.66. The number of pyridine rings is 1. The molecule has 0 aliphatic heterocycles. The van der Waals surface area contributed by atoms with Crippen LogP contribution in [0.15, 0.2) is 6.07 Å². The zero-order chi connectivity index (χ0) is 15.1. The topological polar surface area (TPSA) is 40.2 Å². The normalized spacial score (nSPS) is 12.6. The van der Waals surface area contributed by atoms with Gasteiger partial charge in [0.05, 0.1) is 10.0 Å². The number of aromatic nitrogens is 1. The Morgan fingerprint density at radius 2 is 1.80 bits per heavy atom. The molecule has 0 aromatic carbocycles. The number of nitrogens with one attached hydrogen (secondary N) is 2. The molecule has 0 saturated carbocycles. The van der Waals surface area contributed by atoms with Crippen molar-refractivity contribution < 1.29 is 0 Å². The monoisotopic (exact) mass is 318 g/mol. The van der Waals surface area contributed by atoms with Crippen LogP contribution in [0.4, 0.5) is 11.6 Å². The van der Waals surface area contributed by atoms with Gasteiger partial charge in [0.2, 0.25) is 0 Å². The zero-order valence-corrected chi connectivity index (χ0v) is 14.1. The van der Waals surface area contributed by atoms with Crippen LogP contribution in [0.1, 0.15) is 27.2 Å². The van der Waals surface area contributed by atoms with Gasteiger partial charge >= 0.3 is 0 Å². The average Bonchev–Trinajstić information content (AvgIpc) is 2.42. The van der Waals surface area contributed by atoms with Gasteiger partial charge in [-0.1, -0.05) is 30.1 Å². The van der Waals surface area contributed by atoms with Crippen LogP contribution in [-0.4, -0.2) is 42.6 Å². The molecule has 0 aliphatic rings. The second kappa shape index (κ2) is 8.55. The lowest BCUT2D eigenvalue weighted by Crippen LogP contribution is -2.32. The minimum Gasteiger partial charge on any atom is -0.369 e. The molecule has 0 saturated heterocycles. The van der Waals surface area contributed by atoms with Gasteiger partial charge < -0.3 is 15.5 Å². The summed E-state index contributed by atoms with van der Waals surface area (Å²) in [6.07, 6.45) is 1.14. The quantitative estimate of drug-likeness (QED) is 0.761. The predicted molar refractivity (Wildman–Crippen MR) is 89.3 cm³/mol. The predicted octanol–water partition coefficient (Wildman–Crippen LogP) is 3.96. The highest BCUT2D eigenvalue weighted by molar-refractivity contribution is 6.37. The summed E-state index contributed by atoms with van der Waals surface area (Å²) in [5, 5.41) is 7.47. The van der Waals surface area contributed by atoms with Crippen LogP contribution in [0.2, 0.25) is 10.0 Å². The minimum absolute atomic E-state index is 0.541. The van der Waals surface area contributed by atoms with Crippen LogP contribution >= 0.6 is 23.2 Å². The van der Waals surface area contributed by atoms with Crippen LogP contribution in [0.5, 0.6) is 0 Å². The molecule has 1 rings (SSSR count). The standard InChI is InChI=1S/C14H24Cl2N4/c1-5-10(3)20(4)8-7-18-14-12(16)9-11(15)13(19-14)17-6-2/h9-10H,5-8H2,1-4H3,(H2,17,18,19). The third-order valence-corrected chi connectivity index (χ3v) is 3.95. The summed E-state index contributed by atoms with van der Waals surface area (Å²) < 4.78 is 0. The number of likely N-dealkylation sites (N-methyl/N-ethyl adjacent to an activating group) is 1. The van der Waals surface area contributed by atoms with Gasteiger partial charge in [-0.15, -0.1) is 0 Å². The van der Waals surface area contributed by atoms with Gasteiger partial charge in [-0.25, -0.2) is 4.98 Å². The van der Waals surface area contributed by atoms with Gasteiger partial charge in [0.1, 0.15) is 11.6 Å². The molecule has 1 heterocycles. The molecule has 1 atom stereocenters. The van der Waals surface area contributed by atoms with Crippen molar-refractivity contribution in [3.05, 3.63) is 16.1 Å². The minimum atomic E-state index is 0.541. The summed E-state index contributed by atoms with van der Waals surface area (Å²) in [5.74, 6) is 1.33. The van der Waals surface area contributed by atoms with Crippen molar-refractivity contribution in [3.8, 4) is 0 Å². The van der Waals surface area contributed by atoms with Crippen molar-refractivity contribution in [2.24, 2.45) is 0 Å². The molecule has 0 amide bonds. The van der Waals surface area contributed by atoms with Gasteiger partial charge in [0, 0.05) is 25.7 Å². The second-order valence-electron chi connectivity index (χ2n) is 4.84. The molecular formula is C14H24Cl2N4. The van der Waals surface area contributed by atoms with Crippen molar-refractivity contribution in [3.63, 3.8) is 0 Å². The van der Waals surface area contributed by atoms with E-state index >= 15 is 0 Å². The van der Waals surface area contributed by atoms with E-state index in [4.69, 9.17) is 23.2 Å². The number of anilines is 2. The summed E-state index contributed by atoms with van der Waals surface area (Å²) in [4.78, 5) is 6.73. The number of rotatable bonds is 8. The third kappa shape index (κ3) is 5.00. The molecule has 1 aromatic rings. The molecule has 114 valence electrons. The number of hydrogen-bond acceptors (Lipinski definition) is 4. The van der Waals surface area contributed by atoms with Gasteiger partial charge in [0.25, 0.3) is 0 Å². The van der Waals surface area contributed by atoms with E-state index in [0.29, 0.717) is 27.7 Å². The number of nitrogens with zero attached hydrogens (tertiary/aromatic N) is 2. The van der Waals surface area contributed by atoms with E-state index in [-0.39, 0.29) is 0 Å². The first-order chi connectivity index (χ1) is 9.49. The first-order valence-electron chi connectivity index (χ1n) is 7.03. The zero-order valence-electron chi connectivity index (χ0n) is 12.6. The highest BCUT2D eigenvalue weighted by Crippen LogP contribution is 2.28. The number of hydrogen-bond donors (Lipinski definition) is 2. The Morgan fingerprint density at radius 1 is 1.20 bits per heavy atom. The Morgan fingerprint density at radius 3 is 2.35 bits per heavy atom. The van der Waals surface area contributed by atoms with Crippen molar-refractivity contribution in [1.29, 1.82) is 0 Å². The van der Waals surface area contributed by atoms with Crippen LogP contribution < -0.4 is 10.6 Å². The SMILES string of the molecule is CCNc1nc(NCCN(C)C(C)CC)c(Cl)cc1Cl. The molecule has 0 radical (unpaired) electrons. The number of halogens is 2. The lowest BCUT2D eigenvalue weighted by atomic mass is 10.2. The van der Waals surface area contributed by atoms with E-state index in [1.165, 1.54) is 0 Å². The summed E-state index contributed by atoms with van der Waals surface area (Å²) in [7, 11) is 2.12.